The van der Waals surface area contributed by atoms with Gasteiger partial charge in [0.15, 0.2) is 0 Å². The molecule has 0 heterocycles. The summed E-state index contributed by atoms with van der Waals surface area (Å²) in [4.78, 5) is 0. The zero-order valence-electron chi connectivity index (χ0n) is 13.6. The lowest BCUT2D eigenvalue weighted by Crippen LogP contribution is -2.36. The van der Waals surface area contributed by atoms with Crippen molar-refractivity contribution in [3.05, 3.63) is 29.8 Å². The van der Waals surface area contributed by atoms with Crippen molar-refractivity contribution in [2.24, 2.45) is 17.3 Å². The largest absolute Gasteiger partial charge is 0.508 e. The molecule has 1 N–H and O–H groups in total. The first-order valence-corrected chi connectivity index (χ1v) is 8.86. The molecule has 2 aliphatic rings. The SMILES string of the molecule is CCCC1(C#N)CCC2CC(c3ccc(O)cc3)CCC2C1. The summed E-state index contributed by atoms with van der Waals surface area (Å²) < 4.78 is 0. The minimum atomic E-state index is -0.0265. The number of nitriles is 1. The molecule has 4 unspecified atom stereocenters. The lowest BCUT2D eigenvalue weighted by Gasteiger charge is -2.45. The first-order chi connectivity index (χ1) is 10.7. The van der Waals surface area contributed by atoms with Crippen molar-refractivity contribution >= 4 is 0 Å². The zero-order chi connectivity index (χ0) is 15.6. The van der Waals surface area contributed by atoms with Gasteiger partial charge in [0.05, 0.1) is 11.5 Å². The van der Waals surface area contributed by atoms with Crippen LogP contribution in [-0.4, -0.2) is 5.11 Å². The predicted octanol–water partition coefficient (Wildman–Crippen LogP) is 5.39. The van der Waals surface area contributed by atoms with Crippen LogP contribution in [0.2, 0.25) is 0 Å². The van der Waals surface area contributed by atoms with E-state index in [1.54, 1.807) is 0 Å². The average Bonchev–Trinajstić information content (AvgIpc) is 2.55. The highest BCUT2D eigenvalue weighted by Gasteiger charge is 2.43. The van der Waals surface area contributed by atoms with E-state index in [2.05, 4.69) is 25.1 Å². The third-order valence-electron chi connectivity index (χ3n) is 6.12. The molecule has 0 aliphatic heterocycles. The van der Waals surface area contributed by atoms with Crippen molar-refractivity contribution in [3.8, 4) is 11.8 Å². The standard InChI is InChI=1S/C20H27NO/c1-2-10-20(14-21)11-9-17-12-16(3-4-18(17)13-20)15-5-7-19(22)8-6-15/h5-8,16-18,22H,2-4,9-13H2,1H3. The maximum Gasteiger partial charge on any atom is 0.115 e. The zero-order valence-corrected chi connectivity index (χ0v) is 13.6. The van der Waals surface area contributed by atoms with Crippen molar-refractivity contribution in [2.75, 3.05) is 0 Å². The predicted molar refractivity (Wildman–Crippen MR) is 88.5 cm³/mol. The van der Waals surface area contributed by atoms with Gasteiger partial charge in [-0.2, -0.15) is 5.26 Å². The van der Waals surface area contributed by atoms with Crippen molar-refractivity contribution in [1.82, 2.24) is 0 Å². The number of rotatable bonds is 3. The van der Waals surface area contributed by atoms with Crippen LogP contribution in [0.5, 0.6) is 5.75 Å². The van der Waals surface area contributed by atoms with E-state index < -0.39 is 0 Å². The second-order valence-electron chi connectivity index (χ2n) is 7.51. The Labute approximate surface area is 134 Å². The van der Waals surface area contributed by atoms with Crippen LogP contribution in [0, 0.1) is 28.6 Å². The minimum absolute atomic E-state index is 0.0265. The van der Waals surface area contributed by atoms with Gasteiger partial charge in [0, 0.05) is 0 Å². The highest BCUT2D eigenvalue weighted by atomic mass is 16.3. The van der Waals surface area contributed by atoms with Crippen LogP contribution < -0.4 is 0 Å². The summed E-state index contributed by atoms with van der Waals surface area (Å²) >= 11 is 0. The molecule has 2 aliphatic carbocycles. The fraction of sp³-hybridized carbons (Fsp3) is 0.650. The number of nitrogens with zero attached hydrogens (tertiary/aromatic N) is 1. The second kappa shape index (κ2) is 6.32. The molecule has 1 aromatic rings. The van der Waals surface area contributed by atoms with Crippen LogP contribution in [-0.2, 0) is 0 Å². The van der Waals surface area contributed by atoms with E-state index in [0.717, 1.165) is 37.5 Å². The van der Waals surface area contributed by atoms with E-state index in [9.17, 15) is 10.4 Å². The molecule has 2 fully saturated rings. The fourth-order valence-electron chi connectivity index (χ4n) is 4.93. The van der Waals surface area contributed by atoms with Crippen LogP contribution in [0.4, 0.5) is 0 Å². The van der Waals surface area contributed by atoms with E-state index in [-0.39, 0.29) is 5.41 Å². The number of benzene rings is 1. The lowest BCUT2D eigenvalue weighted by molar-refractivity contribution is 0.0796. The van der Waals surface area contributed by atoms with Crippen LogP contribution in [0.1, 0.15) is 69.8 Å². The Bertz CT molecular complexity index is 544. The summed E-state index contributed by atoms with van der Waals surface area (Å²) in [5.74, 6) is 2.55. The third kappa shape index (κ3) is 3.00. The third-order valence-corrected chi connectivity index (χ3v) is 6.12. The van der Waals surface area contributed by atoms with E-state index >= 15 is 0 Å². The number of phenols is 1. The molecule has 0 radical (unpaired) electrons. The van der Waals surface area contributed by atoms with Crippen LogP contribution in [0.3, 0.4) is 0 Å². The number of aromatic hydroxyl groups is 1. The number of hydrogen-bond donors (Lipinski definition) is 1. The monoisotopic (exact) mass is 297 g/mol. The van der Waals surface area contributed by atoms with Crippen LogP contribution in [0.15, 0.2) is 24.3 Å². The van der Waals surface area contributed by atoms with Crippen molar-refractivity contribution in [3.63, 3.8) is 0 Å². The molecule has 22 heavy (non-hydrogen) atoms. The van der Waals surface area contributed by atoms with Gasteiger partial charge in [0.25, 0.3) is 0 Å². The van der Waals surface area contributed by atoms with Gasteiger partial charge in [-0.25, -0.2) is 0 Å². The molecule has 0 spiro atoms. The van der Waals surface area contributed by atoms with Crippen molar-refractivity contribution in [2.45, 2.75) is 64.2 Å². The van der Waals surface area contributed by atoms with Gasteiger partial charge < -0.3 is 5.11 Å². The Kier molecular flexibility index (Phi) is 4.43. The van der Waals surface area contributed by atoms with Crippen molar-refractivity contribution in [1.29, 1.82) is 5.26 Å². The fourth-order valence-corrected chi connectivity index (χ4v) is 4.93. The topological polar surface area (TPSA) is 44.0 Å². The van der Waals surface area contributed by atoms with E-state index in [1.165, 1.54) is 31.2 Å². The van der Waals surface area contributed by atoms with Gasteiger partial charge >= 0.3 is 0 Å². The second-order valence-corrected chi connectivity index (χ2v) is 7.51. The molecular weight excluding hydrogens is 270 g/mol. The maximum absolute atomic E-state index is 9.65. The Morgan fingerprint density at radius 3 is 2.64 bits per heavy atom. The van der Waals surface area contributed by atoms with E-state index in [4.69, 9.17) is 0 Å². The quantitative estimate of drug-likeness (QED) is 0.813. The Balaban J connectivity index is 1.67. The molecule has 2 nitrogen and oxygen atoms in total. The summed E-state index contributed by atoms with van der Waals surface area (Å²) in [6.45, 7) is 2.20. The molecule has 4 atom stereocenters. The smallest absolute Gasteiger partial charge is 0.115 e. The van der Waals surface area contributed by atoms with Gasteiger partial charge in [-0.3, -0.25) is 0 Å². The molecule has 0 bridgehead atoms. The van der Waals surface area contributed by atoms with Gasteiger partial charge in [0.2, 0.25) is 0 Å². The average molecular weight is 297 g/mol. The Morgan fingerprint density at radius 1 is 1.18 bits per heavy atom. The van der Waals surface area contributed by atoms with Crippen LogP contribution >= 0.6 is 0 Å². The number of fused-ring (bicyclic) bond motifs is 1. The molecule has 118 valence electrons. The molecular formula is C20H27NO. The molecule has 3 rings (SSSR count). The van der Waals surface area contributed by atoms with Gasteiger partial charge in [0.1, 0.15) is 5.75 Å². The van der Waals surface area contributed by atoms with Gasteiger partial charge in [-0.1, -0.05) is 25.5 Å². The number of phenolic OH excluding ortho intramolecular Hbond substituents is 1. The summed E-state index contributed by atoms with van der Waals surface area (Å²) in [5.41, 5.74) is 1.35. The van der Waals surface area contributed by atoms with E-state index in [1.807, 2.05) is 12.1 Å². The first kappa shape index (κ1) is 15.4. The molecule has 0 saturated heterocycles. The van der Waals surface area contributed by atoms with Gasteiger partial charge in [-0.15, -0.1) is 0 Å². The molecule has 1 aromatic carbocycles. The Hall–Kier alpha value is -1.49. The van der Waals surface area contributed by atoms with Gasteiger partial charge in [-0.05, 0) is 80.4 Å². The molecule has 2 heteroatoms. The van der Waals surface area contributed by atoms with Crippen LogP contribution in [0.25, 0.3) is 0 Å². The molecule has 0 aromatic heterocycles. The summed E-state index contributed by atoms with van der Waals surface area (Å²) in [5, 5.41) is 19.1. The van der Waals surface area contributed by atoms with Crippen molar-refractivity contribution < 1.29 is 5.11 Å². The highest BCUT2D eigenvalue weighted by Crippen LogP contribution is 2.52. The van der Waals surface area contributed by atoms with E-state index in [0.29, 0.717) is 11.7 Å². The summed E-state index contributed by atoms with van der Waals surface area (Å²) in [6.07, 6.45) is 9.43. The summed E-state index contributed by atoms with van der Waals surface area (Å²) in [6, 6.07) is 10.5. The first-order valence-electron chi connectivity index (χ1n) is 8.86. The highest BCUT2D eigenvalue weighted by molar-refractivity contribution is 5.28. The lowest BCUT2D eigenvalue weighted by atomic mass is 9.58. The normalized spacial score (nSPS) is 34.6. The minimum Gasteiger partial charge on any atom is -0.508 e. The molecule has 2 saturated carbocycles. The Morgan fingerprint density at radius 2 is 1.95 bits per heavy atom. The summed E-state index contributed by atoms with van der Waals surface area (Å²) in [7, 11) is 0. The maximum atomic E-state index is 9.65. The molecule has 0 amide bonds. The number of hydrogen-bond acceptors (Lipinski definition) is 2.